The first-order chi connectivity index (χ1) is 36.5. The van der Waals surface area contributed by atoms with Gasteiger partial charge in [0.15, 0.2) is 11.6 Å². The molecule has 0 radical (unpaired) electrons. The topological polar surface area (TPSA) is 48.5 Å². The summed E-state index contributed by atoms with van der Waals surface area (Å²) < 4.78 is 190. The van der Waals surface area contributed by atoms with Crippen LogP contribution in [0.2, 0.25) is 0 Å². The number of benzene rings is 8. The van der Waals surface area contributed by atoms with Crippen LogP contribution in [-0.4, -0.2) is 24.1 Å². The van der Waals surface area contributed by atoms with E-state index in [9.17, 15) is 12.3 Å². The number of hydrogen-bond acceptors (Lipinski definition) is 3. The highest BCUT2D eigenvalue weighted by Crippen LogP contribution is 2.38. The molecular weight excluding hydrogens is 683 g/mol. The number of nitrogens with zero attached hydrogens (tertiary/aromatic N) is 5. The van der Waals surface area contributed by atoms with Gasteiger partial charge in [0.25, 0.3) is 0 Å². The summed E-state index contributed by atoms with van der Waals surface area (Å²) in [6, 6.07) is 5.02. The smallest absolute Gasteiger partial charge is 0.238 e. The van der Waals surface area contributed by atoms with Crippen LogP contribution in [0.25, 0.3) is 100 Å². The summed E-state index contributed by atoms with van der Waals surface area (Å²) in [5.74, 6) is -1.48. The number of aromatic nitrogens is 5. The minimum Gasteiger partial charge on any atom is -0.309 e. The van der Waals surface area contributed by atoms with Gasteiger partial charge < -0.3 is 4.57 Å². The predicted octanol–water partition coefficient (Wildman–Crippen LogP) is 12.7. The fraction of sp³-hybridized carbons (Fsp3) is 0. The lowest BCUT2D eigenvalue weighted by atomic mass is 10.0. The van der Waals surface area contributed by atoms with E-state index < -0.39 is 188 Å². The lowest BCUT2D eigenvalue weighted by molar-refractivity contribution is 0.952. The summed E-state index contributed by atoms with van der Waals surface area (Å²) in [6.45, 7) is 0. The van der Waals surface area contributed by atoms with Crippen LogP contribution in [0, 0.1) is 0 Å². The Balaban J connectivity index is 1.33. The van der Waals surface area contributed by atoms with Gasteiger partial charge in [0.05, 0.1) is 56.5 Å². The molecule has 11 aromatic rings. The van der Waals surface area contributed by atoms with E-state index in [2.05, 4.69) is 0 Å². The Labute approximate surface area is 353 Å². The Morgan fingerprint density at radius 3 is 1.62 bits per heavy atom. The Kier molecular flexibility index (Phi) is 4.01. The summed E-state index contributed by atoms with van der Waals surface area (Å²) in [6.07, 6.45) is 0. The highest BCUT2D eigenvalue weighted by atomic mass is 15.2. The van der Waals surface area contributed by atoms with Crippen molar-refractivity contribution in [2.45, 2.75) is 0 Å². The first-order valence-corrected chi connectivity index (χ1v) is 17.2. The predicted molar refractivity (Wildman–Crippen MR) is 230 cm³/mol. The SMILES string of the molecule is [2H]c1c([2H])c([2H])c(-c2c([2H])c([2H])c(-c3nc(-c4ccccc4-n4c5ccccc5c5ccccc54)nc(-n4c5c([2H])c([2H])c([2H])c([2H])c5c5c([2H])c([2H])c(-c6c([2H])c([2H])c([2H])c([2H])c6[2H])c([2H])c54)n3)c([2H])c2[2H])c([2H])c1[2H]. The zero-order chi connectivity index (χ0) is 55.3. The fourth-order valence-electron chi connectivity index (χ4n) is 6.87. The molecule has 0 aliphatic heterocycles. The molecule has 0 saturated carbocycles. The quantitative estimate of drug-likeness (QED) is 0.171. The van der Waals surface area contributed by atoms with Gasteiger partial charge in [-0.2, -0.15) is 9.97 Å². The van der Waals surface area contributed by atoms with Gasteiger partial charge >= 0.3 is 0 Å². The highest BCUT2D eigenvalue weighted by molar-refractivity contribution is 6.11. The molecule has 3 heterocycles. The van der Waals surface area contributed by atoms with Crippen LogP contribution >= 0.6 is 0 Å². The molecule has 0 aliphatic rings. The van der Waals surface area contributed by atoms with E-state index >= 15 is 0 Å². The van der Waals surface area contributed by atoms with Crippen molar-refractivity contribution in [2.75, 3.05) is 0 Å². The monoisotopic (exact) mass is 736 g/mol. The second-order valence-corrected chi connectivity index (χ2v) is 12.5. The van der Waals surface area contributed by atoms with Crippen LogP contribution in [-0.2, 0) is 0 Å². The van der Waals surface area contributed by atoms with Gasteiger partial charge in [-0.3, -0.25) is 4.57 Å². The molecule has 0 saturated heterocycles. The van der Waals surface area contributed by atoms with Crippen LogP contribution in [0.1, 0.15) is 28.8 Å². The van der Waals surface area contributed by atoms with Gasteiger partial charge in [0, 0.05) is 32.7 Å². The molecule has 8 aromatic carbocycles. The number of para-hydroxylation sites is 4. The molecule has 0 N–H and O–H groups in total. The third kappa shape index (κ3) is 5.21. The van der Waals surface area contributed by atoms with Crippen molar-refractivity contribution < 1.29 is 28.8 Å². The van der Waals surface area contributed by atoms with Gasteiger partial charge in [0.2, 0.25) is 5.95 Å². The molecule has 0 bridgehead atoms. The van der Waals surface area contributed by atoms with E-state index in [-0.39, 0.29) is 11.4 Å². The van der Waals surface area contributed by atoms with Crippen molar-refractivity contribution in [2.24, 2.45) is 0 Å². The lowest BCUT2D eigenvalue weighted by Crippen LogP contribution is -2.08. The van der Waals surface area contributed by atoms with E-state index in [1.54, 1.807) is 24.3 Å². The molecule has 0 aliphatic carbocycles. The van der Waals surface area contributed by atoms with Crippen LogP contribution in [0.5, 0.6) is 0 Å². The molecule has 56 heavy (non-hydrogen) atoms. The Morgan fingerprint density at radius 2 is 0.893 bits per heavy atom. The molecule has 0 spiro atoms. The Bertz CT molecular complexity index is 4350. The van der Waals surface area contributed by atoms with Gasteiger partial charge in [-0.15, -0.1) is 0 Å². The zero-order valence-electron chi connectivity index (χ0n) is 49.7. The van der Waals surface area contributed by atoms with E-state index in [0.717, 1.165) is 26.4 Å². The van der Waals surface area contributed by atoms with Gasteiger partial charge in [-0.25, -0.2) is 4.98 Å². The van der Waals surface area contributed by atoms with Crippen molar-refractivity contribution in [3.8, 4) is 56.7 Å². The van der Waals surface area contributed by atoms with E-state index in [4.69, 9.17) is 31.4 Å². The summed E-state index contributed by atoms with van der Waals surface area (Å²) >= 11 is 0. The zero-order valence-corrected chi connectivity index (χ0v) is 28.7. The van der Waals surface area contributed by atoms with E-state index in [0.29, 0.717) is 5.69 Å². The van der Waals surface area contributed by atoms with Crippen LogP contribution in [0.3, 0.4) is 0 Å². The number of rotatable bonds is 6. The summed E-state index contributed by atoms with van der Waals surface area (Å²) in [5.41, 5.74) is -1.94. The van der Waals surface area contributed by atoms with Crippen molar-refractivity contribution in [1.29, 1.82) is 0 Å². The van der Waals surface area contributed by atoms with E-state index in [1.807, 2.05) is 53.1 Å². The minimum absolute atomic E-state index is 0.234. The fourth-order valence-corrected chi connectivity index (χ4v) is 6.87. The number of hydrogen-bond donors (Lipinski definition) is 0. The average Bonchev–Trinajstić information content (AvgIpc) is 4.00. The maximum atomic E-state index is 9.87. The van der Waals surface area contributed by atoms with Gasteiger partial charge in [0.1, 0.15) is 0 Å². The molecule has 262 valence electrons. The maximum absolute atomic E-state index is 9.87. The molecule has 5 heteroatoms. The third-order valence-electron chi connectivity index (χ3n) is 9.30. The molecular formula is C51H33N5. The van der Waals surface area contributed by atoms with Gasteiger partial charge in [-0.1, -0.05) is 163 Å². The van der Waals surface area contributed by atoms with Crippen molar-refractivity contribution in [3.63, 3.8) is 0 Å². The van der Waals surface area contributed by atoms with Crippen molar-refractivity contribution in [1.82, 2.24) is 24.1 Å². The largest absolute Gasteiger partial charge is 0.309 e. The van der Waals surface area contributed by atoms with E-state index in [1.165, 1.54) is 0 Å². The molecule has 0 fully saturated rings. The molecule has 11 rings (SSSR count). The molecule has 5 nitrogen and oxygen atoms in total. The lowest BCUT2D eigenvalue weighted by Gasteiger charge is -2.15. The van der Waals surface area contributed by atoms with Gasteiger partial charge in [-0.05, 0) is 58.6 Å². The molecule has 0 amide bonds. The molecule has 3 aromatic heterocycles. The summed E-state index contributed by atoms with van der Waals surface area (Å²) in [4.78, 5) is 14.4. The first kappa shape index (κ1) is 17.2. The highest BCUT2D eigenvalue weighted by Gasteiger charge is 2.21. The molecule has 0 unspecified atom stereocenters. The normalized spacial score (nSPS) is 16.8. The third-order valence-corrected chi connectivity index (χ3v) is 9.30. The summed E-state index contributed by atoms with van der Waals surface area (Å²) in [7, 11) is 0. The maximum Gasteiger partial charge on any atom is 0.238 e. The van der Waals surface area contributed by atoms with Crippen LogP contribution in [0.4, 0.5) is 0 Å². The second-order valence-electron chi connectivity index (χ2n) is 12.5. The van der Waals surface area contributed by atoms with Crippen molar-refractivity contribution >= 4 is 43.6 Å². The Hall–Kier alpha value is -7.63. The van der Waals surface area contributed by atoms with Crippen LogP contribution < -0.4 is 0 Å². The van der Waals surface area contributed by atoms with Crippen LogP contribution in [0.15, 0.2) is 200 Å². The van der Waals surface area contributed by atoms with Crippen molar-refractivity contribution in [3.05, 3.63) is 200 Å². The molecule has 0 atom stereocenters. The summed E-state index contributed by atoms with van der Waals surface area (Å²) in [5, 5.41) is 0.927. The minimum atomic E-state index is -0.863. The Morgan fingerprint density at radius 1 is 0.357 bits per heavy atom. The first-order valence-electron chi connectivity index (χ1n) is 27.7. The second kappa shape index (κ2) is 13.0. The standard InChI is InChI=1S/C51H33N5/c1-3-15-34(16-4-1)36-27-29-37(30-28-36)49-52-50(43-22-10-14-26-47(43)55-44-23-11-7-19-39(44)40-20-8-12-24-45(40)55)54-51(53-49)56-46-25-13-9-21-41(46)42-32-31-38(33-48(42)56)35-17-5-2-6-18-35/h1-33H/i1D,2D,3D,4D,5D,6D,9D,13D,15D,16D,17D,18D,21D,25D,27D,28D,29D,30D,31D,32D,33D. The number of fused-ring (bicyclic) bond motifs is 6. The average molecular weight is 737 g/mol.